The highest BCUT2D eigenvalue weighted by atomic mass is 35.5. The second kappa shape index (κ2) is 7.50. The first-order chi connectivity index (χ1) is 9.42. The Kier molecular flexibility index (Phi) is 6.30. The molecule has 0 radical (unpaired) electrons. The fourth-order valence-electron chi connectivity index (χ4n) is 1.78. The third kappa shape index (κ3) is 4.39. The minimum absolute atomic E-state index is 0.0576. The summed E-state index contributed by atoms with van der Waals surface area (Å²) in [5.74, 6) is 0.800. The lowest BCUT2D eigenvalue weighted by Crippen LogP contribution is -2.45. The molecule has 0 bridgehead atoms. The van der Waals surface area contributed by atoms with Gasteiger partial charge in [-0.3, -0.25) is 4.79 Å². The van der Waals surface area contributed by atoms with Gasteiger partial charge in [0.2, 0.25) is 5.91 Å². The average Bonchev–Trinajstić information content (AvgIpc) is 2.47. The van der Waals surface area contributed by atoms with Gasteiger partial charge in [0, 0.05) is 18.6 Å². The first-order valence-electron chi connectivity index (χ1n) is 6.77. The zero-order valence-electron chi connectivity index (χ0n) is 12.4. The van der Waals surface area contributed by atoms with Crippen LogP contribution in [0.1, 0.15) is 20.3 Å². The lowest BCUT2D eigenvalue weighted by molar-refractivity contribution is -0.139. The predicted molar refractivity (Wildman–Crippen MR) is 82.0 cm³/mol. The maximum absolute atomic E-state index is 12.3. The van der Waals surface area contributed by atoms with E-state index in [1.54, 1.807) is 36.2 Å². The molecule has 0 saturated carbocycles. The number of nitrogens with zero attached hydrogens (tertiary/aromatic N) is 1. The van der Waals surface area contributed by atoms with Crippen LogP contribution in [0.25, 0.3) is 0 Å². The van der Waals surface area contributed by atoms with Crippen molar-refractivity contribution in [2.45, 2.75) is 20.3 Å². The van der Waals surface area contributed by atoms with E-state index in [-0.39, 0.29) is 5.91 Å². The Balaban J connectivity index is 2.45. The van der Waals surface area contributed by atoms with Crippen molar-refractivity contribution in [3.63, 3.8) is 0 Å². The van der Waals surface area contributed by atoms with Gasteiger partial charge in [-0.25, -0.2) is 0 Å². The van der Waals surface area contributed by atoms with Gasteiger partial charge in [-0.15, -0.1) is 0 Å². The number of nitrogens with two attached hydrogens (primary N) is 1. The van der Waals surface area contributed by atoms with Gasteiger partial charge in [0.25, 0.3) is 0 Å². The fraction of sp³-hybridized carbons (Fsp3) is 0.533. The number of benzene rings is 1. The Hall–Kier alpha value is -1.26. The van der Waals surface area contributed by atoms with Crippen molar-refractivity contribution in [2.75, 3.05) is 26.7 Å². The maximum Gasteiger partial charge on any atom is 0.229 e. The van der Waals surface area contributed by atoms with Crippen LogP contribution in [-0.4, -0.2) is 37.6 Å². The molecule has 0 fully saturated rings. The molecule has 4 nitrogen and oxygen atoms in total. The number of carbonyl (C=O) groups excluding carboxylic acids is 1. The molecule has 0 spiro atoms. The van der Waals surface area contributed by atoms with E-state index in [1.165, 1.54) is 0 Å². The Morgan fingerprint density at radius 3 is 2.50 bits per heavy atom. The van der Waals surface area contributed by atoms with Crippen molar-refractivity contribution in [3.05, 3.63) is 29.3 Å². The van der Waals surface area contributed by atoms with Crippen LogP contribution in [0, 0.1) is 5.41 Å². The lowest BCUT2D eigenvalue weighted by Gasteiger charge is -2.30. The Labute approximate surface area is 125 Å². The second-order valence-corrected chi connectivity index (χ2v) is 5.58. The van der Waals surface area contributed by atoms with E-state index in [2.05, 4.69) is 0 Å². The number of rotatable bonds is 7. The molecule has 1 unspecified atom stereocenters. The van der Waals surface area contributed by atoms with Gasteiger partial charge in [0.1, 0.15) is 12.4 Å². The minimum atomic E-state index is -0.491. The van der Waals surface area contributed by atoms with E-state index in [0.717, 1.165) is 12.2 Å². The summed E-state index contributed by atoms with van der Waals surface area (Å²) >= 11 is 5.80. The summed E-state index contributed by atoms with van der Waals surface area (Å²) < 4.78 is 5.58. The number of hydrogen-bond donors (Lipinski definition) is 1. The van der Waals surface area contributed by atoms with Crippen LogP contribution in [0.3, 0.4) is 0 Å². The standard InChI is InChI=1S/C15H23ClN2O2/c1-4-15(2,11-17)14(19)18(3)9-10-20-13-7-5-12(16)6-8-13/h5-8H,4,9-11,17H2,1-3H3. The molecular weight excluding hydrogens is 276 g/mol. The fourth-order valence-corrected chi connectivity index (χ4v) is 1.90. The van der Waals surface area contributed by atoms with E-state index in [9.17, 15) is 4.79 Å². The van der Waals surface area contributed by atoms with Crippen molar-refractivity contribution in [1.82, 2.24) is 4.90 Å². The molecule has 112 valence electrons. The molecule has 1 amide bonds. The molecule has 0 heterocycles. The SMILES string of the molecule is CCC(C)(CN)C(=O)N(C)CCOc1ccc(Cl)cc1. The quantitative estimate of drug-likeness (QED) is 0.841. The number of hydrogen-bond acceptors (Lipinski definition) is 3. The highest BCUT2D eigenvalue weighted by molar-refractivity contribution is 6.30. The molecule has 0 aromatic heterocycles. The van der Waals surface area contributed by atoms with Gasteiger partial charge < -0.3 is 15.4 Å². The van der Waals surface area contributed by atoms with E-state index in [0.29, 0.717) is 24.7 Å². The van der Waals surface area contributed by atoms with Crippen molar-refractivity contribution < 1.29 is 9.53 Å². The van der Waals surface area contributed by atoms with Gasteiger partial charge in [0.15, 0.2) is 0 Å². The van der Waals surface area contributed by atoms with Crippen LogP contribution in [0.2, 0.25) is 5.02 Å². The zero-order chi connectivity index (χ0) is 15.2. The number of likely N-dealkylation sites (N-methyl/N-ethyl adjacent to an activating group) is 1. The van der Waals surface area contributed by atoms with Gasteiger partial charge in [-0.2, -0.15) is 0 Å². The molecule has 0 saturated heterocycles. The maximum atomic E-state index is 12.3. The summed E-state index contributed by atoms with van der Waals surface area (Å²) in [7, 11) is 1.77. The first-order valence-corrected chi connectivity index (χ1v) is 7.14. The van der Waals surface area contributed by atoms with Gasteiger partial charge in [0.05, 0.1) is 12.0 Å². The van der Waals surface area contributed by atoms with Gasteiger partial charge >= 0.3 is 0 Å². The van der Waals surface area contributed by atoms with Crippen LogP contribution >= 0.6 is 11.6 Å². The summed E-state index contributed by atoms with van der Waals surface area (Å²) in [4.78, 5) is 14.0. The van der Waals surface area contributed by atoms with E-state index in [1.807, 2.05) is 13.8 Å². The number of ether oxygens (including phenoxy) is 1. The highest BCUT2D eigenvalue weighted by Gasteiger charge is 2.32. The van der Waals surface area contributed by atoms with E-state index in [4.69, 9.17) is 22.1 Å². The number of halogens is 1. The van der Waals surface area contributed by atoms with Crippen LogP contribution < -0.4 is 10.5 Å². The second-order valence-electron chi connectivity index (χ2n) is 5.15. The minimum Gasteiger partial charge on any atom is -0.492 e. The molecule has 0 aliphatic rings. The molecular formula is C15H23ClN2O2. The highest BCUT2D eigenvalue weighted by Crippen LogP contribution is 2.22. The molecule has 0 aliphatic heterocycles. The summed E-state index contributed by atoms with van der Waals surface area (Å²) in [6, 6.07) is 7.16. The van der Waals surface area contributed by atoms with Crippen LogP contribution in [-0.2, 0) is 4.79 Å². The number of carbonyl (C=O) groups is 1. The smallest absolute Gasteiger partial charge is 0.229 e. The van der Waals surface area contributed by atoms with Crippen LogP contribution in [0.15, 0.2) is 24.3 Å². The molecule has 20 heavy (non-hydrogen) atoms. The third-order valence-corrected chi connectivity index (χ3v) is 3.85. The predicted octanol–water partition coefficient (Wildman–Crippen LogP) is 2.55. The van der Waals surface area contributed by atoms with Crippen molar-refractivity contribution in [1.29, 1.82) is 0 Å². The van der Waals surface area contributed by atoms with Crippen molar-refractivity contribution in [3.8, 4) is 5.75 Å². The molecule has 0 aliphatic carbocycles. The monoisotopic (exact) mass is 298 g/mol. The summed E-state index contributed by atoms with van der Waals surface area (Å²) in [6.07, 6.45) is 0.727. The topological polar surface area (TPSA) is 55.6 Å². The molecule has 2 N–H and O–H groups in total. The van der Waals surface area contributed by atoms with E-state index >= 15 is 0 Å². The molecule has 1 rings (SSSR count). The van der Waals surface area contributed by atoms with Crippen molar-refractivity contribution >= 4 is 17.5 Å². The van der Waals surface area contributed by atoms with Gasteiger partial charge in [-0.05, 0) is 37.6 Å². The average molecular weight is 299 g/mol. The summed E-state index contributed by atoms with van der Waals surface area (Å²) in [6.45, 7) is 5.19. The zero-order valence-corrected chi connectivity index (χ0v) is 13.1. The van der Waals surface area contributed by atoms with Crippen LogP contribution in [0.4, 0.5) is 0 Å². The normalized spacial score (nSPS) is 13.7. The summed E-state index contributed by atoms with van der Waals surface area (Å²) in [5.41, 5.74) is 5.21. The van der Waals surface area contributed by atoms with Crippen molar-refractivity contribution in [2.24, 2.45) is 11.1 Å². The first kappa shape index (κ1) is 16.8. The molecule has 1 atom stereocenters. The molecule has 1 aromatic carbocycles. The Morgan fingerprint density at radius 2 is 2.00 bits per heavy atom. The summed E-state index contributed by atoms with van der Waals surface area (Å²) in [5, 5.41) is 0.673. The van der Waals surface area contributed by atoms with E-state index < -0.39 is 5.41 Å². The number of amides is 1. The van der Waals surface area contributed by atoms with Gasteiger partial charge in [-0.1, -0.05) is 18.5 Å². The molecule has 1 aromatic rings. The third-order valence-electron chi connectivity index (χ3n) is 3.60. The molecule has 5 heteroatoms. The lowest BCUT2D eigenvalue weighted by atomic mass is 9.86. The largest absolute Gasteiger partial charge is 0.492 e. The Bertz CT molecular complexity index is 430. The Morgan fingerprint density at radius 1 is 1.40 bits per heavy atom. The van der Waals surface area contributed by atoms with Crippen LogP contribution in [0.5, 0.6) is 5.75 Å².